The summed E-state index contributed by atoms with van der Waals surface area (Å²) in [7, 11) is 0. The van der Waals surface area contributed by atoms with E-state index < -0.39 is 0 Å². The number of hydrogen-bond acceptors (Lipinski definition) is 3. The zero-order valence-corrected chi connectivity index (χ0v) is 18.7. The number of aromatic nitrogens is 2. The maximum absolute atomic E-state index is 12.5. The molecule has 1 amide bonds. The van der Waals surface area contributed by atoms with Crippen LogP contribution in [-0.4, -0.2) is 21.5 Å². The minimum absolute atomic E-state index is 0.0224. The van der Waals surface area contributed by atoms with Crippen molar-refractivity contribution in [1.82, 2.24) is 15.1 Å². The van der Waals surface area contributed by atoms with Gasteiger partial charge >= 0.3 is 0 Å². The lowest BCUT2D eigenvalue weighted by molar-refractivity contribution is -0.121. The van der Waals surface area contributed by atoms with Gasteiger partial charge in [0.05, 0.1) is 12.2 Å². The minimum atomic E-state index is -0.148. The first-order valence-electron chi connectivity index (χ1n) is 11.1. The van der Waals surface area contributed by atoms with Crippen molar-refractivity contribution in [3.8, 4) is 11.3 Å². The van der Waals surface area contributed by atoms with E-state index in [-0.39, 0.29) is 24.5 Å². The molecule has 0 aliphatic heterocycles. The molecule has 5 nitrogen and oxygen atoms in total. The molecule has 1 heterocycles. The van der Waals surface area contributed by atoms with Crippen LogP contribution in [0.3, 0.4) is 0 Å². The summed E-state index contributed by atoms with van der Waals surface area (Å²) in [5, 5.41) is 7.74. The second kappa shape index (κ2) is 10.6. The summed E-state index contributed by atoms with van der Waals surface area (Å²) in [5.41, 5.74) is 5.69. The summed E-state index contributed by atoms with van der Waals surface area (Å²) in [6, 6.07) is 27.5. The zero-order valence-electron chi connectivity index (χ0n) is 18.7. The molecule has 0 radical (unpaired) electrons. The number of Topliss-reactive ketones (excluding diaryl/α,β-unsaturated/α-hetero) is 1. The number of benzene rings is 3. The topological polar surface area (TPSA) is 64.0 Å². The van der Waals surface area contributed by atoms with E-state index in [0.717, 1.165) is 27.9 Å². The van der Waals surface area contributed by atoms with Gasteiger partial charge in [-0.25, -0.2) is 0 Å². The minimum Gasteiger partial charge on any atom is -0.352 e. The fourth-order valence-corrected chi connectivity index (χ4v) is 3.68. The highest BCUT2D eigenvalue weighted by Crippen LogP contribution is 2.22. The van der Waals surface area contributed by atoms with Crippen LogP contribution in [0.4, 0.5) is 0 Å². The van der Waals surface area contributed by atoms with Crippen molar-refractivity contribution in [2.75, 3.05) is 0 Å². The number of amides is 1. The van der Waals surface area contributed by atoms with Crippen molar-refractivity contribution in [3.05, 3.63) is 113 Å². The third-order valence-electron chi connectivity index (χ3n) is 5.50. The number of aryl methyl sites for hydroxylation is 1. The molecule has 0 aliphatic rings. The second-order valence-corrected chi connectivity index (χ2v) is 8.12. The molecule has 0 fully saturated rings. The Balaban J connectivity index is 1.41. The molecule has 3 aromatic carbocycles. The van der Waals surface area contributed by atoms with Crippen LogP contribution in [0.1, 0.15) is 39.9 Å². The van der Waals surface area contributed by atoms with Crippen molar-refractivity contribution >= 4 is 11.7 Å². The molecule has 0 aliphatic carbocycles. The monoisotopic (exact) mass is 437 g/mol. The van der Waals surface area contributed by atoms with E-state index in [4.69, 9.17) is 5.10 Å². The Bertz CT molecular complexity index is 1210. The van der Waals surface area contributed by atoms with Crippen LogP contribution in [0, 0.1) is 6.92 Å². The summed E-state index contributed by atoms with van der Waals surface area (Å²) in [5.74, 6) is -0.170. The van der Waals surface area contributed by atoms with Crippen LogP contribution >= 0.6 is 0 Å². The van der Waals surface area contributed by atoms with E-state index in [9.17, 15) is 9.59 Å². The molecule has 1 aromatic heterocycles. The normalized spacial score (nSPS) is 10.7. The van der Waals surface area contributed by atoms with Gasteiger partial charge in [-0.2, -0.15) is 5.10 Å². The molecular formula is C28H27N3O2. The SMILES string of the molecule is Cc1ccc(C(=O)CCC(=O)NCc2cn(Cc3ccccc3)nc2-c2ccccc2)cc1. The Morgan fingerprint density at radius 2 is 1.52 bits per heavy atom. The van der Waals surface area contributed by atoms with Gasteiger partial charge in [-0.1, -0.05) is 90.5 Å². The number of ketones is 1. The van der Waals surface area contributed by atoms with Crippen molar-refractivity contribution in [1.29, 1.82) is 0 Å². The maximum Gasteiger partial charge on any atom is 0.220 e. The lowest BCUT2D eigenvalue weighted by Gasteiger charge is -2.06. The average molecular weight is 438 g/mol. The highest BCUT2D eigenvalue weighted by Gasteiger charge is 2.14. The van der Waals surface area contributed by atoms with Gasteiger partial charge in [-0.05, 0) is 12.5 Å². The molecule has 0 unspecified atom stereocenters. The number of nitrogens with zero attached hydrogens (tertiary/aromatic N) is 2. The molecule has 0 spiro atoms. The number of rotatable bonds is 9. The summed E-state index contributed by atoms with van der Waals surface area (Å²) in [6.07, 6.45) is 2.33. The Labute approximate surface area is 194 Å². The summed E-state index contributed by atoms with van der Waals surface area (Å²) in [4.78, 5) is 24.8. The smallest absolute Gasteiger partial charge is 0.220 e. The molecule has 5 heteroatoms. The van der Waals surface area contributed by atoms with Crippen LogP contribution in [0.25, 0.3) is 11.3 Å². The van der Waals surface area contributed by atoms with Gasteiger partial charge in [0.1, 0.15) is 0 Å². The highest BCUT2D eigenvalue weighted by molar-refractivity contribution is 5.98. The number of carbonyl (C=O) groups excluding carboxylic acids is 2. The molecular weight excluding hydrogens is 410 g/mol. The van der Waals surface area contributed by atoms with Gasteiger partial charge in [-0.3, -0.25) is 14.3 Å². The molecule has 166 valence electrons. The Morgan fingerprint density at radius 1 is 0.848 bits per heavy atom. The van der Waals surface area contributed by atoms with Crippen molar-refractivity contribution in [2.24, 2.45) is 0 Å². The van der Waals surface area contributed by atoms with Crippen LogP contribution in [-0.2, 0) is 17.9 Å². The van der Waals surface area contributed by atoms with Crippen LogP contribution < -0.4 is 5.32 Å². The van der Waals surface area contributed by atoms with Crippen molar-refractivity contribution in [3.63, 3.8) is 0 Å². The van der Waals surface area contributed by atoms with Gasteiger partial charge in [-0.15, -0.1) is 0 Å². The summed E-state index contributed by atoms with van der Waals surface area (Å²) < 4.78 is 1.90. The molecule has 0 bridgehead atoms. The van der Waals surface area contributed by atoms with E-state index in [1.165, 1.54) is 0 Å². The first kappa shape index (κ1) is 22.2. The van der Waals surface area contributed by atoms with E-state index in [2.05, 4.69) is 17.4 Å². The number of nitrogens with one attached hydrogen (secondary N) is 1. The lowest BCUT2D eigenvalue weighted by Crippen LogP contribution is -2.23. The Hall–Kier alpha value is -3.99. The lowest BCUT2D eigenvalue weighted by atomic mass is 10.0. The van der Waals surface area contributed by atoms with Gasteiger partial charge < -0.3 is 5.32 Å². The predicted octanol–water partition coefficient (Wildman–Crippen LogP) is 5.19. The average Bonchev–Trinajstić information content (AvgIpc) is 3.25. The maximum atomic E-state index is 12.5. The first-order chi connectivity index (χ1) is 16.1. The summed E-state index contributed by atoms with van der Waals surface area (Å²) >= 11 is 0. The quantitative estimate of drug-likeness (QED) is 0.367. The van der Waals surface area contributed by atoms with Crippen LogP contribution in [0.5, 0.6) is 0 Å². The fraction of sp³-hybridized carbons (Fsp3) is 0.179. The zero-order chi connectivity index (χ0) is 23.0. The Morgan fingerprint density at radius 3 is 2.21 bits per heavy atom. The van der Waals surface area contributed by atoms with Gasteiger partial charge in [0.2, 0.25) is 5.91 Å². The summed E-state index contributed by atoms with van der Waals surface area (Å²) in [6.45, 7) is 2.99. The van der Waals surface area contributed by atoms with Crippen LogP contribution in [0.15, 0.2) is 91.1 Å². The molecule has 1 N–H and O–H groups in total. The molecule has 0 saturated heterocycles. The van der Waals surface area contributed by atoms with Gasteiger partial charge in [0.25, 0.3) is 0 Å². The van der Waals surface area contributed by atoms with E-state index >= 15 is 0 Å². The largest absolute Gasteiger partial charge is 0.352 e. The third kappa shape index (κ3) is 6.04. The second-order valence-electron chi connectivity index (χ2n) is 8.12. The first-order valence-corrected chi connectivity index (χ1v) is 11.1. The van der Waals surface area contributed by atoms with Gasteiger partial charge in [0.15, 0.2) is 5.78 Å². The number of carbonyl (C=O) groups is 2. The van der Waals surface area contributed by atoms with Crippen molar-refractivity contribution < 1.29 is 9.59 Å². The van der Waals surface area contributed by atoms with Gasteiger partial charge in [0, 0.05) is 42.3 Å². The van der Waals surface area contributed by atoms with E-state index in [1.807, 2.05) is 90.6 Å². The van der Waals surface area contributed by atoms with E-state index in [0.29, 0.717) is 18.7 Å². The fourth-order valence-electron chi connectivity index (χ4n) is 3.68. The highest BCUT2D eigenvalue weighted by atomic mass is 16.2. The molecule has 0 atom stereocenters. The molecule has 33 heavy (non-hydrogen) atoms. The van der Waals surface area contributed by atoms with E-state index in [1.54, 1.807) is 0 Å². The Kier molecular flexibility index (Phi) is 7.10. The standard InChI is InChI=1S/C28H27N3O2/c1-21-12-14-23(15-13-21)26(32)16-17-27(33)29-18-25-20-31(19-22-8-4-2-5-9-22)30-28(25)24-10-6-3-7-11-24/h2-15,20H,16-19H2,1H3,(H,29,33). The molecule has 0 saturated carbocycles. The van der Waals surface area contributed by atoms with Crippen molar-refractivity contribution in [2.45, 2.75) is 32.9 Å². The number of hydrogen-bond donors (Lipinski definition) is 1. The van der Waals surface area contributed by atoms with Crippen LogP contribution in [0.2, 0.25) is 0 Å². The molecule has 4 rings (SSSR count). The third-order valence-corrected chi connectivity index (χ3v) is 5.50. The predicted molar refractivity (Wildman–Crippen MR) is 130 cm³/mol. The molecule has 4 aromatic rings.